The highest BCUT2D eigenvalue weighted by Gasteiger charge is 2.07. The van der Waals surface area contributed by atoms with Gasteiger partial charge in [-0.1, -0.05) is 17.7 Å². The van der Waals surface area contributed by atoms with Crippen molar-refractivity contribution >= 4 is 40.4 Å². The second-order valence-electron chi connectivity index (χ2n) is 3.98. The van der Waals surface area contributed by atoms with E-state index in [-0.39, 0.29) is 0 Å². The molecule has 0 aliphatic heterocycles. The average molecular weight is 301 g/mol. The van der Waals surface area contributed by atoms with Gasteiger partial charge in [0.25, 0.3) is 0 Å². The molecule has 0 bridgehead atoms. The molecule has 2 aromatic rings. The number of hydrogen-bond donors (Lipinski definition) is 0. The van der Waals surface area contributed by atoms with Crippen molar-refractivity contribution in [3.63, 3.8) is 0 Å². The summed E-state index contributed by atoms with van der Waals surface area (Å²) in [5.74, 6) is 1.25. The van der Waals surface area contributed by atoms with E-state index < -0.39 is 0 Å². The molecule has 0 aliphatic rings. The number of halogens is 2. The monoisotopic (exact) mass is 300 g/mol. The molecule has 0 aromatic carbocycles. The van der Waals surface area contributed by atoms with Crippen LogP contribution in [0.5, 0.6) is 0 Å². The number of alkyl halides is 1. The average Bonchev–Trinajstić information content (AvgIpc) is 2.89. The predicted octanol–water partition coefficient (Wildman–Crippen LogP) is 4.21. The molecule has 2 rings (SSSR count). The van der Waals surface area contributed by atoms with Crippen LogP contribution >= 0.6 is 34.5 Å². The number of rotatable bonds is 5. The van der Waals surface area contributed by atoms with Gasteiger partial charge in [-0.05, 0) is 30.0 Å². The summed E-state index contributed by atoms with van der Waals surface area (Å²) in [6.45, 7) is 0.927. The molecule has 2 aromatic heterocycles. The van der Waals surface area contributed by atoms with Crippen LogP contribution in [0.15, 0.2) is 29.6 Å². The molecule has 0 saturated carbocycles. The van der Waals surface area contributed by atoms with E-state index in [1.165, 1.54) is 4.88 Å². The molecule has 0 aliphatic carbocycles. The van der Waals surface area contributed by atoms with E-state index in [9.17, 15) is 0 Å². The molecular formula is C13H14Cl2N2S. The van der Waals surface area contributed by atoms with Crippen LogP contribution in [0.1, 0.15) is 10.6 Å². The van der Waals surface area contributed by atoms with Gasteiger partial charge < -0.3 is 4.90 Å². The second kappa shape index (κ2) is 6.41. The highest BCUT2D eigenvalue weighted by atomic mass is 35.5. The summed E-state index contributed by atoms with van der Waals surface area (Å²) < 4.78 is 0. The number of aromatic nitrogens is 1. The topological polar surface area (TPSA) is 16.1 Å². The van der Waals surface area contributed by atoms with Gasteiger partial charge in [0.15, 0.2) is 0 Å². The highest BCUT2D eigenvalue weighted by molar-refractivity contribution is 7.09. The quantitative estimate of drug-likeness (QED) is 0.769. The van der Waals surface area contributed by atoms with Crippen molar-refractivity contribution in [1.29, 1.82) is 0 Å². The molecule has 0 atom stereocenters. The van der Waals surface area contributed by atoms with Crippen molar-refractivity contribution in [2.45, 2.75) is 12.3 Å². The van der Waals surface area contributed by atoms with Crippen molar-refractivity contribution in [3.8, 4) is 0 Å². The van der Waals surface area contributed by atoms with E-state index in [1.807, 2.05) is 19.2 Å². The Morgan fingerprint density at radius 3 is 2.83 bits per heavy atom. The fraction of sp³-hybridized carbons (Fsp3) is 0.308. The van der Waals surface area contributed by atoms with Crippen LogP contribution in [0, 0.1) is 0 Å². The van der Waals surface area contributed by atoms with Crippen LogP contribution in [-0.4, -0.2) is 18.6 Å². The van der Waals surface area contributed by atoms with Crippen LogP contribution in [0.4, 0.5) is 5.82 Å². The van der Waals surface area contributed by atoms with Crippen molar-refractivity contribution in [1.82, 2.24) is 4.98 Å². The minimum Gasteiger partial charge on any atom is -0.359 e. The molecule has 5 heteroatoms. The number of anilines is 1. The lowest BCUT2D eigenvalue weighted by Gasteiger charge is -2.18. The summed E-state index contributed by atoms with van der Waals surface area (Å²) in [4.78, 5) is 7.96. The minimum absolute atomic E-state index is 0.339. The van der Waals surface area contributed by atoms with Gasteiger partial charge in [-0.25, -0.2) is 4.98 Å². The van der Waals surface area contributed by atoms with Gasteiger partial charge in [0.2, 0.25) is 0 Å². The van der Waals surface area contributed by atoms with E-state index in [2.05, 4.69) is 27.4 Å². The Kier molecular flexibility index (Phi) is 4.87. The van der Waals surface area contributed by atoms with E-state index in [0.29, 0.717) is 10.9 Å². The molecule has 0 N–H and O–H groups in total. The van der Waals surface area contributed by atoms with Gasteiger partial charge >= 0.3 is 0 Å². The first-order valence-electron chi connectivity index (χ1n) is 5.65. The normalized spacial score (nSPS) is 10.6. The maximum absolute atomic E-state index is 6.00. The molecule has 0 spiro atoms. The number of hydrogen-bond acceptors (Lipinski definition) is 3. The first kappa shape index (κ1) is 13.7. The first-order valence-corrected chi connectivity index (χ1v) is 7.45. The van der Waals surface area contributed by atoms with Gasteiger partial charge in [0, 0.05) is 18.5 Å². The zero-order valence-corrected chi connectivity index (χ0v) is 12.4. The molecule has 0 unspecified atom stereocenters. The minimum atomic E-state index is 0.339. The zero-order chi connectivity index (χ0) is 13.0. The maximum atomic E-state index is 6.00. The van der Waals surface area contributed by atoms with Crippen LogP contribution < -0.4 is 4.90 Å². The van der Waals surface area contributed by atoms with Gasteiger partial charge in [-0.3, -0.25) is 0 Å². The van der Waals surface area contributed by atoms with Crippen LogP contribution in [0.3, 0.4) is 0 Å². The van der Waals surface area contributed by atoms with E-state index in [4.69, 9.17) is 23.2 Å². The molecule has 0 radical (unpaired) electrons. The van der Waals surface area contributed by atoms with E-state index >= 15 is 0 Å². The molecular weight excluding hydrogens is 287 g/mol. The fourth-order valence-electron chi connectivity index (χ4n) is 1.63. The van der Waals surface area contributed by atoms with Crippen molar-refractivity contribution in [2.75, 3.05) is 18.5 Å². The Hall–Kier alpha value is -0.770. The Balaban J connectivity index is 2.02. The lowest BCUT2D eigenvalue weighted by Crippen LogP contribution is -2.21. The Morgan fingerprint density at radius 1 is 1.33 bits per heavy atom. The predicted molar refractivity (Wildman–Crippen MR) is 80.1 cm³/mol. The molecule has 0 amide bonds. The molecule has 96 valence electrons. The molecule has 0 saturated heterocycles. The van der Waals surface area contributed by atoms with Crippen molar-refractivity contribution < 1.29 is 0 Å². The Labute approximate surface area is 121 Å². The third kappa shape index (κ3) is 3.37. The van der Waals surface area contributed by atoms with Crippen LogP contribution in [0.25, 0.3) is 0 Å². The number of thiophene rings is 1. The lowest BCUT2D eigenvalue weighted by molar-refractivity contribution is 0.864. The number of likely N-dealkylation sites (N-methyl/N-ethyl adjacent to an activating group) is 1. The third-order valence-electron chi connectivity index (χ3n) is 2.70. The third-order valence-corrected chi connectivity index (χ3v) is 4.23. The smallest absolute Gasteiger partial charge is 0.128 e. The van der Waals surface area contributed by atoms with Gasteiger partial charge in [-0.2, -0.15) is 0 Å². The van der Waals surface area contributed by atoms with E-state index in [0.717, 1.165) is 24.5 Å². The lowest BCUT2D eigenvalue weighted by atomic mass is 10.3. The first-order chi connectivity index (χ1) is 8.70. The largest absolute Gasteiger partial charge is 0.359 e. The standard InChI is InChI=1S/C13H14Cl2N2S/c1-17(7-6-10-3-2-8-18-10)13-5-4-11(15)12(9-14)16-13/h2-5,8H,6-7,9H2,1H3. The molecule has 2 nitrogen and oxygen atoms in total. The van der Waals surface area contributed by atoms with Gasteiger partial charge in [0.05, 0.1) is 16.6 Å². The molecule has 0 fully saturated rings. The summed E-state index contributed by atoms with van der Waals surface area (Å²) in [7, 11) is 2.03. The van der Waals surface area contributed by atoms with Crippen molar-refractivity contribution in [3.05, 3.63) is 45.2 Å². The Morgan fingerprint density at radius 2 is 2.17 bits per heavy atom. The summed E-state index contributed by atoms with van der Waals surface area (Å²) in [6, 6.07) is 8.00. The number of nitrogens with zero attached hydrogens (tertiary/aromatic N) is 2. The van der Waals surface area contributed by atoms with Gasteiger partial charge in [-0.15, -0.1) is 22.9 Å². The molecule has 18 heavy (non-hydrogen) atoms. The van der Waals surface area contributed by atoms with Crippen LogP contribution in [0.2, 0.25) is 5.02 Å². The van der Waals surface area contributed by atoms with Crippen molar-refractivity contribution in [2.24, 2.45) is 0 Å². The van der Waals surface area contributed by atoms with Gasteiger partial charge in [0.1, 0.15) is 5.82 Å². The van der Waals surface area contributed by atoms with Crippen LogP contribution in [-0.2, 0) is 12.3 Å². The Bertz CT molecular complexity index is 500. The zero-order valence-electron chi connectivity index (χ0n) is 10.1. The second-order valence-corrected chi connectivity index (χ2v) is 5.69. The summed E-state index contributed by atoms with van der Waals surface area (Å²) in [5, 5.41) is 2.72. The molecule has 2 heterocycles. The highest BCUT2D eigenvalue weighted by Crippen LogP contribution is 2.20. The SMILES string of the molecule is CN(CCc1cccs1)c1ccc(Cl)c(CCl)n1. The summed E-state index contributed by atoms with van der Waals surface area (Å²) >= 11 is 13.6. The van der Waals surface area contributed by atoms with E-state index in [1.54, 1.807) is 11.3 Å². The maximum Gasteiger partial charge on any atom is 0.128 e. The summed E-state index contributed by atoms with van der Waals surface area (Å²) in [5.41, 5.74) is 0.735. The number of pyridine rings is 1. The fourth-order valence-corrected chi connectivity index (χ4v) is 2.77. The summed E-state index contributed by atoms with van der Waals surface area (Å²) in [6.07, 6.45) is 1.02.